The van der Waals surface area contributed by atoms with Crippen molar-refractivity contribution in [2.45, 2.75) is 6.43 Å². The Balaban J connectivity index is 0. The van der Waals surface area contributed by atoms with Gasteiger partial charge in [-0.3, -0.25) is 0 Å². The molecule has 0 rings (SSSR count). The first-order valence-electron chi connectivity index (χ1n) is 1.27. The number of rotatable bonds is 1. The van der Waals surface area contributed by atoms with Crippen LogP contribution < -0.4 is 0 Å². The summed E-state index contributed by atoms with van der Waals surface area (Å²) >= 11 is 0. The molecule has 44 valence electrons. The second-order valence-corrected chi connectivity index (χ2v) is 0.748. The molecule has 0 radical (unpaired) electrons. The lowest BCUT2D eigenvalue weighted by Gasteiger charge is -1.84. The first kappa shape index (κ1) is 9.70. The lowest BCUT2D eigenvalue weighted by molar-refractivity contribution is 0.160. The van der Waals surface area contributed by atoms with Gasteiger partial charge in [-0.25, -0.2) is 13.2 Å². The predicted octanol–water partition coefficient (Wildman–Crippen LogP) is 0.910. The third kappa shape index (κ3) is 5.49. The molecule has 0 aliphatic heterocycles. The van der Waals surface area contributed by atoms with E-state index in [1.807, 2.05) is 0 Å². The van der Waals surface area contributed by atoms with Gasteiger partial charge in [-0.15, -0.1) is 0 Å². The number of halogens is 3. The predicted molar refractivity (Wildman–Crippen MR) is 19.9 cm³/mol. The molecule has 0 saturated carbocycles. The van der Waals surface area contributed by atoms with Crippen LogP contribution in [0, 0.1) is 0 Å². The summed E-state index contributed by atoms with van der Waals surface area (Å²) in [6.45, 7) is 2.34. The lowest BCUT2D eigenvalue weighted by Crippen LogP contribution is -1.85. The summed E-state index contributed by atoms with van der Waals surface area (Å²) in [6.07, 6.45) is -3.01. The van der Waals surface area contributed by atoms with Crippen molar-refractivity contribution in [3.8, 4) is 0 Å². The molecule has 1 nitrogen and oxygen atoms in total. The normalized spacial score (nSPS) is 8.00. The number of hydrogen-bond donors (Lipinski definition) is 0. The maximum Gasteiger partial charge on any atom is 0.288 e. The van der Waals surface area contributed by atoms with Crippen LogP contribution in [0.3, 0.4) is 0 Å². The van der Waals surface area contributed by atoms with Gasteiger partial charge in [0.15, 0.2) is 5.83 Å². The zero-order chi connectivity index (χ0) is 5.15. The summed E-state index contributed by atoms with van der Waals surface area (Å²) in [5.74, 6) is -1.57. The van der Waals surface area contributed by atoms with Crippen LogP contribution in [-0.4, -0.2) is 11.9 Å². The van der Waals surface area contributed by atoms with Crippen LogP contribution in [0.4, 0.5) is 13.2 Å². The first-order chi connectivity index (χ1) is 2.64. The maximum absolute atomic E-state index is 10.9. The van der Waals surface area contributed by atoms with Crippen LogP contribution in [0.2, 0.25) is 0 Å². The van der Waals surface area contributed by atoms with Crippen molar-refractivity contribution in [3.63, 3.8) is 0 Å². The van der Waals surface area contributed by atoms with E-state index >= 15 is 0 Å². The maximum atomic E-state index is 10.9. The van der Waals surface area contributed by atoms with E-state index in [9.17, 15) is 13.2 Å². The van der Waals surface area contributed by atoms with Gasteiger partial charge in [-0.2, -0.15) is 0 Å². The number of hydrogen-bond acceptors (Lipinski definition) is 0. The van der Waals surface area contributed by atoms with Gasteiger partial charge in [0, 0.05) is 0 Å². The summed E-state index contributed by atoms with van der Waals surface area (Å²) in [6, 6.07) is 0. The van der Waals surface area contributed by atoms with E-state index in [2.05, 4.69) is 6.58 Å². The van der Waals surface area contributed by atoms with Gasteiger partial charge in [-0.1, -0.05) is 6.58 Å². The third-order valence-corrected chi connectivity index (χ3v) is 0.237. The third-order valence-electron chi connectivity index (χ3n) is 0.237. The Morgan fingerprint density at radius 3 is 1.57 bits per heavy atom. The van der Waals surface area contributed by atoms with Crippen LogP contribution in [-0.2, 0) is 0 Å². The van der Waals surface area contributed by atoms with Gasteiger partial charge in [-0.05, 0) is 0 Å². The van der Waals surface area contributed by atoms with Crippen molar-refractivity contribution in [3.05, 3.63) is 12.4 Å². The van der Waals surface area contributed by atoms with Gasteiger partial charge in [0.1, 0.15) is 0 Å². The van der Waals surface area contributed by atoms with Crippen LogP contribution >= 0.6 is 0 Å². The van der Waals surface area contributed by atoms with Crippen molar-refractivity contribution < 1.29 is 18.6 Å². The number of allylic oxidation sites excluding steroid dienone is 1. The first-order valence-corrected chi connectivity index (χ1v) is 1.27. The molecular formula is C3H5F3O. The minimum Gasteiger partial charge on any atom is -0.412 e. The number of alkyl halides is 2. The minimum atomic E-state index is -3.01. The topological polar surface area (TPSA) is 31.5 Å². The average molecular weight is 114 g/mol. The van der Waals surface area contributed by atoms with E-state index in [0.717, 1.165) is 0 Å². The SMILES string of the molecule is C=C(F)C(F)F.O. The van der Waals surface area contributed by atoms with Crippen LogP contribution in [0.1, 0.15) is 0 Å². The zero-order valence-electron chi connectivity index (χ0n) is 3.42. The molecule has 0 amide bonds. The fourth-order valence-electron chi connectivity index (χ4n) is 0. The Labute approximate surface area is 38.8 Å². The zero-order valence-corrected chi connectivity index (χ0v) is 3.42. The van der Waals surface area contributed by atoms with Crippen LogP contribution in [0.15, 0.2) is 12.4 Å². The second-order valence-electron chi connectivity index (χ2n) is 0.748. The Hall–Kier alpha value is -0.510. The average Bonchev–Trinajstić information content (AvgIpc) is 1.36. The second kappa shape index (κ2) is 3.67. The standard InChI is InChI=1S/C3H3F3.H2O/c1-2(4)3(5)6;/h3H,1H2;1H2. The molecule has 0 aromatic rings. The van der Waals surface area contributed by atoms with E-state index in [1.54, 1.807) is 0 Å². The molecule has 0 aliphatic carbocycles. The van der Waals surface area contributed by atoms with E-state index in [1.165, 1.54) is 0 Å². The van der Waals surface area contributed by atoms with E-state index in [4.69, 9.17) is 0 Å². The highest BCUT2D eigenvalue weighted by Gasteiger charge is 2.03. The van der Waals surface area contributed by atoms with E-state index in [0.29, 0.717) is 0 Å². The van der Waals surface area contributed by atoms with Gasteiger partial charge in [0.05, 0.1) is 0 Å². The van der Waals surface area contributed by atoms with Crippen LogP contribution in [0.5, 0.6) is 0 Å². The molecule has 0 fully saturated rings. The smallest absolute Gasteiger partial charge is 0.288 e. The fraction of sp³-hybridized carbons (Fsp3) is 0.333. The van der Waals surface area contributed by atoms with E-state index in [-0.39, 0.29) is 5.48 Å². The molecule has 0 saturated heterocycles. The molecule has 0 atom stereocenters. The summed E-state index contributed by atoms with van der Waals surface area (Å²) in [5.41, 5.74) is 0. The minimum absolute atomic E-state index is 0. The highest BCUT2D eigenvalue weighted by Crippen LogP contribution is 2.04. The molecule has 0 bridgehead atoms. The van der Waals surface area contributed by atoms with Crippen LogP contribution in [0.25, 0.3) is 0 Å². The monoisotopic (exact) mass is 114 g/mol. The summed E-state index contributed by atoms with van der Waals surface area (Å²) < 4.78 is 32.2. The molecular weight excluding hydrogens is 109 g/mol. The summed E-state index contributed by atoms with van der Waals surface area (Å²) in [5, 5.41) is 0. The lowest BCUT2D eigenvalue weighted by atomic mass is 10.6. The quantitative estimate of drug-likeness (QED) is 0.485. The van der Waals surface area contributed by atoms with Gasteiger partial charge < -0.3 is 5.48 Å². The molecule has 0 aromatic heterocycles. The van der Waals surface area contributed by atoms with Gasteiger partial charge >= 0.3 is 0 Å². The molecule has 0 heterocycles. The Morgan fingerprint density at radius 1 is 1.43 bits per heavy atom. The Kier molecular flexibility index (Phi) is 5.09. The molecule has 0 spiro atoms. The van der Waals surface area contributed by atoms with Gasteiger partial charge in [0.2, 0.25) is 0 Å². The van der Waals surface area contributed by atoms with Crippen molar-refractivity contribution in [1.29, 1.82) is 0 Å². The molecule has 2 N–H and O–H groups in total. The molecule has 0 aliphatic rings. The Morgan fingerprint density at radius 2 is 1.57 bits per heavy atom. The van der Waals surface area contributed by atoms with Crippen molar-refractivity contribution in [1.82, 2.24) is 0 Å². The highest BCUT2D eigenvalue weighted by atomic mass is 19.3. The Bertz CT molecular complexity index is 61.2. The summed E-state index contributed by atoms with van der Waals surface area (Å²) in [4.78, 5) is 0. The van der Waals surface area contributed by atoms with Crippen molar-refractivity contribution in [2.75, 3.05) is 0 Å². The molecule has 4 heteroatoms. The highest BCUT2D eigenvalue weighted by molar-refractivity contribution is 4.82. The summed E-state index contributed by atoms with van der Waals surface area (Å²) in [7, 11) is 0. The van der Waals surface area contributed by atoms with Gasteiger partial charge in [0.25, 0.3) is 6.43 Å². The van der Waals surface area contributed by atoms with Crippen molar-refractivity contribution in [2.24, 2.45) is 0 Å². The fourth-order valence-corrected chi connectivity index (χ4v) is 0. The largest absolute Gasteiger partial charge is 0.412 e. The molecule has 7 heavy (non-hydrogen) atoms. The molecule has 0 unspecified atom stereocenters. The van der Waals surface area contributed by atoms with Crippen molar-refractivity contribution >= 4 is 0 Å². The van der Waals surface area contributed by atoms with E-state index < -0.39 is 12.3 Å². The molecule has 0 aromatic carbocycles.